The minimum Gasteiger partial charge on any atom is -0.468 e. The molecule has 2 aromatic rings. The highest BCUT2D eigenvalue weighted by molar-refractivity contribution is 5.79. The molecule has 0 aromatic heterocycles. The number of methoxy groups -OCH3 is 1. The Morgan fingerprint density at radius 2 is 1.44 bits per heavy atom. The highest BCUT2D eigenvalue weighted by atomic mass is 16.5. The van der Waals surface area contributed by atoms with Crippen LogP contribution in [0.25, 0.3) is 11.1 Å². The zero-order valence-electron chi connectivity index (χ0n) is 21.0. The Kier molecular flexibility index (Phi) is 9.11. The van der Waals surface area contributed by atoms with E-state index in [2.05, 4.69) is 62.6 Å². The largest absolute Gasteiger partial charge is 0.468 e. The van der Waals surface area contributed by atoms with Crippen molar-refractivity contribution in [1.82, 2.24) is 10.6 Å². The number of hydrogen-bond donors (Lipinski definition) is 2. The van der Waals surface area contributed by atoms with Crippen molar-refractivity contribution in [2.75, 3.05) is 20.3 Å². The Balaban J connectivity index is 1.61. The van der Waals surface area contributed by atoms with Crippen LogP contribution in [-0.2, 0) is 14.3 Å². The summed E-state index contributed by atoms with van der Waals surface area (Å²) in [5.41, 5.74) is 4.78. The average molecular weight is 467 g/mol. The van der Waals surface area contributed by atoms with Gasteiger partial charge < -0.3 is 20.1 Å². The van der Waals surface area contributed by atoms with E-state index in [0.717, 1.165) is 6.42 Å². The van der Waals surface area contributed by atoms with Crippen LogP contribution in [0.3, 0.4) is 0 Å². The van der Waals surface area contributed by atoms with Crippen molar-refractivity contribution < 1.29 is 19.1 Å². The summed E-state index contributed by atoms with van der Waals surface area (Å²) in [5.74, 6) is 0.463. The van der Waals surface area contributed by atoms with Crippen LogP contribution in [0.2, 0.25) is 0 Å². The number of nitrogens with one attached hydrogen (secondary N) is 2. The summed E-state index contributed by atoms with van der Waals surface area (Å²) in [6.07, 6.45) is 1.01. The number of carbonyl (C=O) groups is 2. The number of ether oxygens (including phenoxy) is 2. The van der Waals surface area contributed by atoms with Gasteiger partial charge in [-0.25, -0.2) is 4.79 Å². The summed E-state index contributed by atoms with van der Waals surface area (Å²) in [6.45, 7) is 9.10. The molecule has 2 aromatic carbocycles. The first kappa shape index (κ1) is 25.8. The molecule has 34 heavy (non-hydrogen) atoms. The van der Waals surface area contributed by atoms with E-state index < -0.39 is 12.1 Å². The van der Waals surface area contributed by atoms with Crippen molar-refractivity contribution in [2.45, 2.75) is 58.5 Å². The maximum atomic E-state index is 12.8. The van der Waals surface area contributed by atoms with E-state index in [4.69, 9.17) is 9.47 Å². The van der Waals surface area contributed by atoms with Crippen LogP contribution in [0.5, 0.6) is 0 Å². The number of hydrogen-bond acceptors (Lipinski definition) is 5. The smallest absolute Gasteiger partial charge is 0.407 e. The molecule has 0 bridgehead atoms. The Morgan fingerprint density at radius 3 is 1.97 bits per heavy atom. The summed E-state index contributed by atoms with van der Waals surface area (Å²) in [7, 11) is 1.40. The Labute approximate surface area is 203 Å². The highest BCUT2D eigenvalue weighted by Crippen LogP contribution is 2.44. The van der Waals surface area contributed by atoms with Gasteiger partial charge in [0.2, 0.25) is 0 Å². The molecule has 0 heterocycles. The molecule has 1 aliphatic rings. The Morgan fingerprint density at radius 1 is 0.882 bits per heavy atom. The van der Waals surface area contributed by atoms with Gasteiger partial charge in [-0.1, -0.05) is 76.2 Å². The lowest BCUT2D eigenvalue weighted by molar-refractivity contribution is -0.143. The van der Waals surface area contributed by atoms with Gasteiger partial charge >= 0.3 is 12.1 Å². The summed E-state index contributed by atoms with van der Waals surface area (Å²) in [6, 6.07) is 16.0. The maximum Gasteiger partial charge on any atom is 0.407 e. The number of amides is 1. The average Bonchev–Trinajstić information content (AvgIpc) is 3.13. The zero-order chi connectivity index (χ0) is 24.7. The van der Waals surface area contributed by atoms with Gasteiger partial charge in [0.15, 0.2) is 0 Å². The fourth-order valence-corrected chi connectivity index (χ4v) is 4.73. The summed E-state index contributed by atoms with van der Waals surface area (Å²) >= 11 is 0. The van der Waals surface area contributed by atoms with Gasteiger partial charge in [0.25, 0.3) is 0 Å². The molecule has 0 saturated heterocycles. The molecular formula is C28H38N2O4. The molecule has 184 valence electrons. The first-order valence-corrected chi connectivity index (χ1v) is 12.2. The Bertz CT molecular complexity index is 927. The molecule has 0 aliphatic heterocycles. The van der Waals surface area contributed by atoms with Gasteiger partial charge in [-0.05, 0) is 46.9 Å². The van der Waals surface area contributed by atoms with Crippen LogP contribution in [-0.4, -0.2) is 44.4 Å². The molecule has 2 atom stereocenters. The molecule has 0 saturated carbocycles. The quantitative estimate of drug-likeness (QED) is 0.450. The van der Waals surface area contributed by atoms with Crippen LogP contribution in [0.4, 0.5) is 4.79 Å². The second kappa shape index (κ2) is 12.0. The second-order valence-electron chi connectivity index (χ2n) is 9.91. The zero-order valence-corrected chi connectivity index (χ0v) is 21.0. The lowest BCUT2D eigenvalue weighted by atomic mass is 9.98. The molecule has 6 nitrogen and oxygen atoms in total. The van der Waals surface area contributed by atoms with Crippen LogP contribution < -0.4 is 10.6 Å². The lowest BCUT2D eigenvalue weighted by Gasteiger charge is -2.25. The van der Waals surface area contributed by atoms with Gasteiger partial charge in [-0.3, -0.25) is 4.79 Å². The minimum atomic E-state index is -0.437. The predicted octanol–water partition coefficient (Wildman–Crippen LogP) is 5.12. The topological polar surface area (TPSA) is 76.7 Å². The molecule has 1 amide bonds. The molecule has 0 fully saturated rings. The van der Waals surface area contributed by atoms with Crippen LogP contribution in [0, 0.1) is 11.8 Å². The number of esters is 1. The fraction of sp³-hybridized carbons (Fsp3) is 0.500. The maximum absolute atomic E-state index is 12.8. The van der Waals surface area contributed by atoms with Crippen molar-refractivity contribution in [3.05, 3.63) is 59.7 Å². The second-order valence-corrected chi connectivity index (χ2v) is 9.91. The fourth-order valence-electron chi connectivity index (χ4n) is 4.73. The van der Waals surface area contributed by atoms with E-state index in [-0.39, 0.29) is 24.5 Å². The number of fused-ring (bicyclic) bond motifs is 3. The third-order valence-electron chi connectivity index (χ3n) is 6.23. The van der Waals surface area contributed by atoms with Crippen molar-refractivity contribution in [3.8, 4) is 11.1 Å². The summed E-state index contributed by atoms with van der Waals surface area (Å²) in [4.78, 5) is 24.9. The van der Waals surface area contributed by atoms with Crippen molar-refractivity contribution >= 4 is 12.1 Å². The van der Waals surface area contributed by atoms with E-state index in [1.165, 1.54) is 29.4 Å². The van der Waals surface area contributed by atoms with E-state index in [0.29, 0.717) is 24.8 Å². The summed E-state index contributed by atoms with van der Waals surface area (Å²) < 4.78 is 10.7. The van der Waals surface area contributed by atoms with Gasteiger partial charge in [-0.2, -0.15) is 0 Å². The molecule has 0 unspecified atom stereocenters. The first-order valence-electron chi connectivity index (χ1n) is 12.2. The predicted molar refractivity (Wildman–Crippen MR) is 135 cm³/mol. The van der Waals surface area contributed by atoms with Crippen molar-refractivity contribution in [3.63, 3.8) is 0 Å². The molecule has 0 radical (unpaired) electrons. The lowest BCUT2D eigenvalue weighted by Crippen LogP contribution is -2.48. The van der Waals surface area contributed by atoms with E-state index >= 15 is 0 Å². The third-order valence-corrected chi connectivity index (χ3v) is 6.23. The minimum absolute atomic E-state index is 0.0228. The van der Waals surface area contributed by atoms with Crippen LogP contribution in [0.1, 0.15) is 57.6 Å². The highest BCUT2D eigenvalue weighted by Gasteiger charge is 2.29. The molecule has 2 N–H and O–H groups in total. The van der Waals surface area contributed by atoms with E-state index in [1.54, 1.807) is 0 Å². The molecule has 6 heteroatoms. The standard InChI is InChI=1S/C28H38N2O4/c1-18(2)14-20(16-29-26(15-19(3)4)27(31)33-5)30-28(32)34-17-25-23-12-8-6-10-21(23)22-11-7-9-13-24(22)25/h6-13,18-20,25-26,29H,14-17H2,1-5H3,(H,30,32)/t20-,26-/m0/s1. The van der Waals surface area contributed by atoms with Gasteiger partial charge in [0.05, 0.1) is 7.11 Å². The van der Waals surface area contributed by atoms with Crippen molar-refractivity contribution in [1.29, 1.82) is 0 Å². The number of alkyl carbamates (subject to hydrolysis) is 1. The van der Waals surface area contributed by atoms with E-state index in [9.17, 15) is 9.59 Å². The number of carbonyl (C=O) groups excluding carboxylic acids is 2. The molecule has 0 spiro atoms. The normalized spacial score (nSPS) is 14.4. The molecule has 3 rings (SSSR count). The van der Waals surface area contributed by atoms with Gasteiger partial charge in [-0.15, -0.1) is 0 Å². The van der Waals surface area contributed by atoms with E-state index in [1.807, 2.05) is 24.3 Å². The number of benzene rings is 2. The number of rotatable bonds is 11. The van der Waals surface area contributed by atoms with Crippen molar-refractivity contribution in [2.24, 2.45) is 11.8 Å². The van der Waals surface area contributed by atoms with Gasteiger partial charge in [0, 0.05) is 18.5 Å². The van der Waals surface area contributed by atoms with Crippen LogP contribution >= 0.6 is 0 Å². The van der Waals surface area contributed by atoms with Crippen LogP contribution in [0.15, 0.2) is 48.5 Å². The SMILES string of the molecule is COC(=O)[C@H](CC(C)C)NC[C@H](CC(C)C)NC(=O)OCC1c2ccccc2-c2ccccc21. The first-order chi connectivity index (χ1) is 16.3. The summed E-state index contributed by atoms with van der Waals surface area (Å²) in [5, 5.41) is 6.30. The van der Waals surface area contributed by atoms with Gasteiger partial charge in [0.1, 0.15) is 12.6 Å². The Hall–Kier alpha value is -2.86. The third kappa shape index (κ3) is 6.60. The molecular weight excluding hydrogens is 428 g/mol. The monoisotopic (exact) mass is 466 g/mol. The molecule has 1 aliphatic carbocycles.